The van der Waals surface area contributed by atoms with Gasteiger partial charge in [-0.2, -0.15) is 0 Å². The van der Waals surface area contributed by atoms with Crippen LogP contribution >= 0.6 is 0 Å². The molecule has 1 fully saturated rings. The number of hydrogen-bond donors (Lipinski definition) is 0. The van der Waals surface area contributed by atoms with Crippen LogP contribution in [0.4, 0.5) is 0 Å². The van der Waals surface area contributed by atoms with E-state index in [1.165, 1.54) is 12.8 Å². The molecule has 2 unspecified atom stereocenters. The maximum absolute atomic E-state index is 12.1. The zero-order valence-corrected chi connectivity index (χ0v) is 15.1. The highest BCUT2D eigenvalue weighted by Crippen LogP contribution is 2.31. The van der Waals surface area contributed by atoms with E-state index >= 15 is 0 Å². The first-order chi connectivity index (χ1) is 11.0. The molecular formula is C19H34O4. The fourth-order valence-corrected chi connectivity index (χ4v) is 2.95. The van der Waals surface area contributed by atoms with Crippen molar-refractivity contribution in [1.82, 2.24) is 0 Å². The lowest BCUT2D eigenvalue weighted by atomic mass is 9.81. The van der Waals surface area contributed by atoms with Gasteiger partial charge in [0.2, 0.25) is 0 Å². The van der Waals surface area contributed by atoms with E-state index in [0.29, 0.717) is 25.6 Å². The summed E-state index contributed by atoms with van der Waals surface area (Å²) < 4.78 is 10.7. The van der Waals surface area contributed by atoms with Gasteiger partial charge in [0, 0.05) is 0 Å². The molecular weight excluding hydrogens is 292 g/mol. The van der Waals surface area contributed by atoms with Crippen molar-refractivity contribution in [3.05, 3.63) is 0 Å². The molecule has 4 heteroatoms. The van der Waals surface area contributed by atoms with Gasteiger partial charge in [0.15, 0.2) is 0 Å². The number of hydrogen-bond acceptors (Lipinski definition) is 4. The van der Waals surface area contributed by atoms with Crippen LogP contribution in [0.25, 0.3) is 0 Å². The summed E-state index contributed by atoms with van der Waals surface area (Å²) in [4.78, 5) is 24.2. The summed E-state index contributed by atoms with van der Waals surface area (Å²) in [6.45, 7) is 7.38. The highest BCUT2D eigenvalue weighted by molar-refractivity contribution is 5.76. The first-order valence-electron chi connectivity index (χ1n) is 9.37. The van der Waals surface area contributed by atoms with Gasteiger partial charge in [0.25, 0.3) is 0 Å². The normalized spacial score (nSPS) is 21.2. The fourth-order valence-electron chi connectivity index (χ4n) is 2.95. The standard InChI is InChI=1S/C19H34O4/c1-4-5-6-7-12-22-18(20)16-9-8-10-17(14-16)19(21)23-13-11-15(2)3/h15-17H,4-14H2,1-3H3. The van der Waals surface area contributed by atoms with Gasteiger partial charge in [-0.1, -0.05) is 46.5 Å². The van der Waals surface area contributed by atoms with E-state index in [1.54, 1.807) is 0 Å². The van der Waals surface area contributed by atoms with Crippen molar-refractivity contribution in [1.29, 1.82) is 0 Å². The Hall–Kier alpha value is -1.06. The molecule has 1 aliphatic carbocycles. The lowest BCUT2D eigenvalue weighted by Gasteiger charge is -2.26. The van der Waals surface area contributed by atoms with Gasteiger partial charge in [-0.3, -0.25) is 9.59 Å². The SMILES string of the molecule is CCCCCCOC(=O)C1CCCC(C(=O)OCCC(C)C)C1. The van der Waals surface area contributed by atoms with Crippen molar-refractivity contribution in [2.45, 2.75) is 78.6 Å². The molecule has 0 aliphatic heterocycles. The molecule has 0 amide bonds. The van der Waals surface area contributed by atoms with E-state index in [0.717, 1.165) is 38.5 Å². The minimum Gasteiger partial charge on any atom is -0.465 e. The number of esters is 2. The molecule has 134 valence electrons. The quantitative estimate of drug-likeness (QED) is 0.438. The van der Waals surface area contributed by atoms with Crippen molar-refractivity contribution in [2.75, 3.05) is 13.2 Å². The van der Waals surface area contributed by atoms with Crippen molar-refractivity contribution in [3.63, 3.8) is 0 Å². The van der Waals surface area contributed by atoms with Crippen LogP contribution in [0.1, 0.15) is 78.6 Å². The van der Waals surface area contributed by atoms with Crippen molar-refractivity contribution in [2.24, 2.45) is 17.8 Å². The predicted octanol–water partition coefficient (Wildman–Crippen LogP) is 4.51. The number of ether oxygens (including phenoxy) is 2. The molecule has 2 atom stereocenters. The van der Waals surface area contributed by atoms with Crippen LogP contribution in [0.3, 0.4) is 0 Å². The monoisotopic (exact) mass is 326 g/mol. The van der Waals surface area contributed by atoms with Crippen molar-refractivity contribution >= 4 is 11.9 Å². The van der Waals surface area contributed by atoms with Gasteiger partial charge in [0.05, 0.1) is 25.0 Å². The molecule has 0 bridgehead atoms. The van der Waals surface area contributed by atoms with Crippen LogP contribution in [0.5, 0.6) is 0 Å². The third kappa shape index (κ3) is 8.38. The molecule has 0 saturated heterocycles. The highest BCUT2D eigenvalue weighted by Gasteiger charge is 2.32. The summed E-state index contributed by atoms with van der Waals surface area (Å²) in [6.07, 6.45) is 8.47. The molecule has 1 saturated carbocycles. The zero-order chi connectivity index (χ0) is 17.1. The Kier molecular flexibility index (Phi) is 9.97. The van der Waals surface area contributed by atoms with E-state index in [-0.39, 0.29) is 23.8 Å². The average molecular weight is 326 g/mol. The van der Waals surface area contributed by atoms with E-state index in [1.807, 2.05) is 0 Å². The lowest BCUT2D eigenvalue weighted by molar-refractivity contribution is -0.155. The maximum atomic E-state index is 12.1. The second kappa shape index (κ2) is 11.5. The summed E-state index contributed by atoms with van der Waals surface area (Å²) >= 11 is 0. The molecule has 0 N–H and O–H groups in total. The average Bonchev–Trinajstić information content (AvgIpc) is 2.54. The van der Waals surface area contributed by atoms with Crippen molar-refractivity contribution in [3.8, 4) is 0 Å². The Bertz CT molecular complexity index is 351. The van der Waals surface area contributed by atoms with Crippen molar-refractivity contribution < 1.29 is 19.1 Å². The van der Waals surface area contributed by atoms with Crippen LogP contribution in [0, 0.1) is 17.8 Å². The fraction of sp³-hybridized carbons (Fsp3) is 0.895. The van der Waals surface area contributed by atoms with Crippen LogP contribution < -0.4 is 0 Å². The number of carbonyl (C=O) groups is 2. The molecule has 23 heavy (non-hydrogen) atoms. The van der Waals surface area contributed by atoms with Gasteiger partial charge < -0.3 is 9.47 Å². The molecule has 1 rings (SSSR count). The molecule has 0 aromatic heterocycles. The summed E-state index contributed by atoms with van der Waals surface area (Å²) in [7, 11) is 0. The summed E-state index contributed by atoms with van der Waals surface area (Å²) in [5, 5.41) is 0. The first-order valence-corrected chi connectivity index (χ1v) is 9.37. The topological polar surface area (TPSA) is 52.6 Å². The Balaban J connectivity index is 2.27. The van der Waals surface area contributed by atoms with Crippen LogP contribution in [0.15, 0.2) is 0 Å². The number of rotatable bonds is 10. The van der Waals surface area contributed by atoms with Crippen LogP contribution in [-0.2, 0) is 19.1 Å². The molecule has 0 aromatic carbocycles. The van der Waals surface area contributed by atoms with E-state index in [2.05, 4.69) is 20.8 Å². The molecule has 0 heterocycles. The van der Waals surface area contributed by atoms with E-state index < -0.39 is 0 Å². The van der Waals surface area contributed by atoms with Crippen LogP contribution in [0.2, 0.25) is 0 Å². The third-order valence-corrected chi connectivity index (χ3v) is 4.52. The zero-order valence-electron chi connectivity index (χ0n) is 15.1. The lowest BCUT2D eigenvalue weighted by Crippen LogP contribution is -2.30. The third-order valence-electron chi connectivity index (χ3n) is 4.52. The minimum absolute atomic E-state index is 0.124. The smallest absolute Gasteiger partial charge is 0.308 e. The second-order valence-electron chi connectivity index (χ2n) is 7.14. The summed E-state index contributed by atoms with van der Waals surface area (Å²) in [6, 6.07) is 0. The van der Waals surface area contributed by atoms with Gasteiger partial charge in [-0.25, -0.2) is 0 Å². The number of carbonyl (C=O) groups excluding carboxylic acids is 2. The molecule has 0 spiro atoms. The van der Waals surface area contributed by atoms with Crippen LogP contribution in [-0.4, -0.2) is 25.2 Å². The van der Waals surface area contributed by atoms with Gasteiger partial charge in [-0.05, 0) is 38.0 Å². The summed E-state index contributed by atoms with van der Waals surface area (Å²) in [5.74, 6) is 0.0167. The van der Waals surface area contributed by atoms with Gasteiger partial charge in [-0.15, -0.1) is 0 Å². The predicted molar refractivity (Wildman–Crippen MR) is 91.0 cm³/mol. The van der Waals surface area contributed by atoms with E-state index in [9.17, 15) is 9.59 Å². The Labute approximate surface area is 141 Å². The van der Waals surface area contributed by atoms with E-state index in [4.69, 9.17) is 9.47 Å². The minimum atomic E-state index is -0.133. The Morgan fingerprint density at radius 2 is 1.57 bits per heavy atom. The second-order valence-corrected chi connectivity index (χ2v) is 7.14. The van der Waals surface area contributed by atoms with Gasteiger partial charge in [0.1, 0.15) is 0 Å². The molecule has 0 aromatic rings. The Morgan fingerprint density at radius 3 is 2.13 bits per heavy atom. The number of unbranched alkanes of at least 4 members (excludes halogenated alkanes) is 3. The maximum Gasteiger partial charge on any atom is 0.308 e. The first kappa shape index (κ1) is 20.0. The highest BCUT2D eigenvalue weighted by atomic mass is 16.5. The molecule has 4 nitrogen and oxygen atoms in total. The van der Waals surface area contributed by atoms with Gasteiger partial charge >= 0.3 is 11.9 Å². The molecule has 0 radical (unpaired) electrons. The largest absolute Gasteiger partial charge is 0.465 e. The Morgan fingerprint density at radius 1 is 0.957 bits per heavy atom. The summed E-state index contributed by atoms with van der Waals surface area (Å²) in [5.41, 5.74) is 0. The molecule has 1 aliphatic rings.